The summed E-state index contributed by atoms with van der Waals surface area (Å²) >= 11 is 0. The summed E-state index contributed by atoms with van der Waals surface area (Å²) in [4.78, 5) is 51.5. The number of nitrogens with one attached hydrogen (secondary N) is 1. The van der Waals surface area contributed by atoms with Crippen molar-refractivity contribution in [2.75, 3.05) is 23.4 Å². The summed E-state index contributed by atoms with van der Waals surface area (Å²) in [5.41, 5.74) is 1.74. The van der Waals surface area contributed by atoms with Gasteiger partial charge in [0.1, 0.15) is 5.75 Å². The van der Waals surface area contributed by atoms with Crippen LogP contribution in [0.25, 0.3) is 0 Å². The Morgan fingerprint density at radius 2 is 1.63 bits per heavy atom. The van der Waals surface area contributed by atoms with Crippen molar-refractivity contribution in [3.63, 3.8) is 0 Å². The quantitative estimate of drug-likeness (QED) is 0.397. The Bertz CT molecular complexity index is 1260. The number of rotatable bonds is 8. The highest BCUT2D eigenvalue weighted by atomic mass is 16.5. The average molecular weight is 472 g/mol. The van der Waals surface area contributed by atoms with E-state index in [1.165, 1.54) is 4.90 Å². The van der Waals surface area contributed by atoms with Crippen molar-refractivity contribution in [2.45, 2.75) is 19.4 Å². The average Bonchev–Trinajstić information content (AvgIpc) is 2.88. The van der Waals surface area contributed by atoms with Crippen LogP contribution in [0.15, 0.2) is 78.9 Å². The van der Waals surface area contributed by atoms with Gasteiger partial charge < -0.3 is 19.7 Å². The van der Waals surface area contributed by atoms with Crippen LogP contribution in [0.1, 0.15) is 29.3 Å². The van der Waals surface area contributed by atoms with Crippen molar-refractivity contribution in [1.82, 2.24) is 0 Å². The van der Waals surface area contributed by atoms with E-state index in [9.17, 15) is 19.2 Å². The molecule has 0 bridgehead atoms. The van der Waals surface area contributed by atoms with Gasteiger partial charge in [0.2, 0.25) is 0 Å². The number of anilines is 2. The van der Waals surface area contributed by atoms with Crippen LogP contribution in [-0.2, 0) is 19.1 Å². The lowest BCUT2D eigenvalue weighted by Crippen LogP contribution is -2.45. The standard InChI is InChI=1S/C27H24N2O6/c1-18-27(33)29(22-13-7-8-14-23(22)35-18)16-15-25(31)34-17-24(30)28-21-12-6-5-11-20(21)26(32)19-9-3-2-4-10-19/h2-14,18H,15-17H2,1H3,(H,28,30). The monoisotopic (exact) mass is 472 g/mol. The molecule has 1 aliphatic rings. The van der Waals surface area contributed by atoms with Gasteiger partial charge in [-0.1, -0.05) is 54.6 Å². The predicted molar refractivity (Wildman–Crippen MR) is 129 cm³/mol. The summed E-state index contributed by atoms with van der Waals surface area (Å²) in [6.45, 7) is 1.23. The molecule has 3 aromatic carbocycles. The minimum absolute atomic E-state index is 0.0941. The van der Waals surface area contributed by atoms with Crippen molar-refractivity contribution in [1.29, 1.82) is 0 Å². The molecule has 1 N–H and O–H groups in total. The van der Waals surface area contributed by atoms with Crippen molar-refractivity contribution >= 4 is 34.9 Å². The highest BCUT2D eigenvalue weighted by Crippen LogP contribution is 2.33. The largest absolute Gasteiger partial charge is 0.479 e. The number of ether oxygens (including phenoxy) is 2. The molecule has 1 unspecified atom stereocenters. The number of ketones is 1. The van der Waals surface area contributed by atoms with Gasteiger partial charge in [-0.2, -0.15) is 0 Å². The molecule has 178 valence electrons. The van der Waals surface area contributed by atoms with Crippen molar-refractivity contribution in [2.24, 2.45) is 0 Å². The lowest BCUT2D eigenvalue weighted by molar-refractivity contribution is -0.147. The van der Waals surface area contributed by atoms with Crippen molar-refractivity contribution < 1.29 is 28.7 Å². The molecule has 3 aromatic rings. The molecule has 0 saturated heterocycles. The van der Waals surface area contributed by atoms with Crippen LogP contribution in [0.3, 0.4) is 0 Å². The number of fused-ring (bicyclic) bond motifs is 1. The molecule has 0 aliphatic carbocycles. The normalized spacial score (nSPS) is 14.5. The first-order chi connectivity index (χ1) is 16.9. The number of hydrogen-bond acceptors (Lipinski definition) is 6. The summed E-state index contributed by atoms with van der Waals surface area (Å²) in [6, 6.07) is 22.4. The van der Waals surface area contributed by atoms with E-state index in [-0.39, 0.29) is 24.7 Å². The molecule has 0 spiro atoms. The first kappa shape index (κ1) is 23.7. The number of para-hydroxylation sites is 3. The van der Waals surface area contributed by atoms with E-state index in [4.69, 9.17) is 9.47 Å². The minimum Gasteiger partial charge on any atom is -0.479 e. The van der Waals surface area contributed by atoms with Crippen molar-refractivity contribution in [3.05, 3.63) is 90.0 Å². The van der Waals surface area contributed by atoms with E-state index in [0.717, 1.165) is 0 Å². The number of esters is 1. The Labute approximate surface area is 202 Å². The Kier molecular flexibility index (Phi) is 7.21. The second-order valence-corrected chi connectivity index (χ2v) is 7.92. The van der Waals surface area contributed by atoms with Gasteiger partial charge in [0.05, 0.1) is 17.8 Å². The highest BCUT2D eigenvalue weighted by Gasteiger charge is 2.31. The zero-order valence-electron chi connectivity index (χ0n) is 19.1. The minimum atomic E-state index is -0.662. The Balaban J connectivity index is 1.32. The molecule has 2 amide bonds. The summed E-state index contributed by atoms with van der Waals surface area (Å²) in [5.74, 6) is -1.13. The Morgan fingerprint density at radius 3 is 2.43 bits per heavy atom. The molecule has 0 radical (unpaired) electrons. The third-order valence-corrected chi connectivity index (χ3v) is 5.46. The maximum absolute atomic E-state index is 12.8. The molecule has 0 saturated carbocycles. The molecular formula is C27H24N2O6. The van der Waals surface area contributed by atoms with E-state index in [2.05, 4.69) is 5.32 Å². The van der Waals surface area contributed by atoms with E-state index < -0.39 is 24.6 Å². The van der Waals surface area contributed by atoms with E-state index >= 15 is 0 Å². The maximum atomic E-state index is 12.8. The van der Waals surface area contributed by atoms with Gasteiger partial charge in [-0.25, -0.2) is 0 Å². The number of carbonyl (C=O) groups excluding carboxylic acids is 4. The molecule has 0 aromatic heterocycles. The molecule has 8 heteroatoms. The van der Waals surface area contributed by atoms with Gasteiger partial charge in [-0.3, -0.25) is 19.2 Å². The fraction of sp³-hybridized carbons (Fsp3) is 0.185. The SMILES string of the molecule is CC1Oc2ccccc2N(CCC(=O)OCC(=O)Nc2ccccc2C(=O)c2ccccc2)C1=O. The van der Waals surface area contributed by atoms with Gasteiger partial charge in [-0.05, 0) is 31.2 Å². The van der Waals surface area contributed by atoms with Crippen LogP contribution >= 0.6 is 0 Å². The molecular weight excluding hydrogens is 448 g/mol. The molecule has 1 heterocycles. The van der Waals surface area contributed by atoms with Crippen LogP contribution in [0, 0.1) is 0 Å². The van der Waals surface area contributed by atoms with Gasteiger partial charge in [0.15, 0.2) is 18.5 Å². The smallest absolute Gasteiger partial charge is 0.308 e. The lowest BCUT2D eigenvalue weighted by atomic mass is 10.0. The van der Waals surface area contributed by atoms with E-state index in [1.54, 1.807) is 79.7 Å². The molecule has 35 heavy (non-hydrogen) atoms. The zero-order valence-corrected chi connectivity index (χ0v) is 19.1. The zero-order chi connectivity index (χ0) is 24.8. The molecule has 1 atom stereocenters. The van der Waals surface area contributed by atoms with Crippen LogP contribution in [0.2, 0.25) is 0 Å². The van der Waals surface area contributed by atoms with Crippen LogP contribution in [0.5, 0.6) is 5.75 Å². The lowest BCUT2D eigenvalue weighted by Gasteiger charge is -2.32. The van der Waals surface area contributed by atoms with Gasteiger partial charge in [0.25, 0.3) is 11.8 Å². The number of carbonyl (C=O) groups is 4. The number of nitrogens with zero attached hydrogens (tertiary/aromatic N) is 1. The summed E-state index contributed by atoms with van der Waals surface area (Å²) in [6.07, 6.45) is -0.756. The van der Waals surface area contributed by atoms with Crippen molar-refractivity contribution in [3.8, 4) is 5.75 Å². The second-order valence-electron chi connectivity index (χ2n) is 7.92. The van der Waals surface area contributed by atoms with Gasteiger partial charge in [0, 0.05) is 17.7 Å². The van der Waals surface area contributed by atoms with Crippen LogP contribution in [-0.4, -0.2) is 42.8 Å². The fourth-order valence-electron chi connectivity index (χ4n) is 3.73. The topological polar surface area (TPSA) is 102 Å². The third-order valence-electron chi connectivity index (χ3n) is 5.46. The summed E-state index contributed by atoms with van der Waals surface area (Å²) in [7, 11) is 0. The Morgan fingerprint density at radius 1 is 0.943 bits per heavy atom. The van der Waals surface area contributed by atoms with Crippen LogP contribution < -0.4 is 15.0 Å². The highest BCUT2D eigenvalue weighted by molar-refractivity contribution is 6.13. The first-order valence-corrected chi connectivity index (χ1v) is 11.2. The summed E-state index contributed by atoms with van der Waals surface area (Å²) in [5, 5.41) is 2.63. The van der Waals surface area contributed by atoms with E-state index in [0.29, 0.717) is 28.3 Å². The van der Waals surface area contributed by atoms with Crippen LogP contribution in [0.4, 0.5) is 11.4 Å². The third kappa shape index (κ3) is 5.55. The van der Waals surface area contributed by atoms with Gasteiger partial charge >= 0.3 is 5.97 Å². The summed E-state index contributed by atoms with van der Waals surface area (Å²) < 4.78 is 10.7. The fourth-order valence-corrected chi connectivity index (χ4v) is 3.73. The Hall–Kier alpha value is -4.46. The molecule has 0 fully saturated rings. The first-order valence-electron chi connectivity index (χ1n) is 11.2. The predicted octanol–water partition coefficient (Wildman–Crippen LogP) is 3.60. The number of benzene rings is 3. The maximum Gasteiger partial charge on any atom is 0.308 e. The van der Waals surface area contributed by atoms with E-state index in [1.807, 2.05) is 6.07 Å². The number of hydrogen-bond donors (Lipinski definition) is 1. The molecule has 1 aliphatic heterocycles. The molecule has 8 nitrogen and oxygen atoms in total. The molecule has 4 rings (SSSR count). The van der Waals surface area contributed by atoms with Gasteiger partial charge in [-0.15, -0.1) is 0 Å². The number of amides is 2. The second kappa shape index (κ2) is 10.6.